The maximum Gasteiger partial charge on any atom is 0.325 e. The Bertz CT molecular complexity index is 1710. The summed E-state index contributed by atoms with van der Waals surface area (Å²) < 4.78 is 24.5. The first-order valence-electron chi connectivity index (χ1n) is 12.6. The van der Waals surface area contributed by atoms with E-state index in [9.17, 15) is 25.3 Å². The molecule has 9 atom stereocenters. The molecule has 2 fully saturated rings. The zero-order chi connectivity index (χ0) is 30.8. The Morgan fingerprint density at radius 1 is 1.02 bits per heavy atom. The number of nitrogen functional groups attached to an aromatic ring is 2. The van der Waals surface area contributed by atoms with Crippen molar-refractivity contribution in [1.82, 2.24) is 29.5 Å². The van der Waals surface area contributed by atoms with Gasteiger partial charge in [0.1, 0.15) is 57.1 Å². The van der Waals surface area contributed by atoms with Gasteiger partial charge in [0, 0.05) is 0 Å². The second-order valence-electron chi connectivity index (χ2n) is 9.85. The fourth-order valence-electron chi connectivity index (χ4n) is 5.13. The summed E-state index contributed by atoms with van der Waals surface area (Å²) in [6, 6.07) is 0. The predicted octanol–water partition coefficient (Wildman–Crippen LogP) is -1.69. The van der Waals surface area contributed by atoms with Crippen LogP contribution in [0, 0.1) is 9.28 Å². The van der Waals surface area contributed by atoms with Crippen LogP contribution in [0.4, 0.5) is 23.4 Å². The quantitative estimate of drug-likeness (QED) is 0.0939. The van der Waals surface area contributed by atoms with Gasteiger partial charge in [0.2, 0.25) is 11.9 Å². The molecule has 23 heteroatoms. The van der Waals surface area contributed by atoms with E-state index in [0.29, 0.717) is 21.7 Å². The molecule has 0 bridgehead atoms. The second-order valence-corrected chi connectivity index (χ2v) is 13.5. The maximum absolute atomic E-state index is 11.1. The summed E-state index contributed by atoms with van der Waals surface area (Å²) in [6.07, 6.45) is -8.91. The number of aliphatic hydroxyl groups is 4. The van der Waals surface area contributed by atoms with E-state index in [4.69, 9.17) is 66.2 Å². The molecule has 0 saturated carbocycles. The summed E-state index contributed by atoms with van der Waals surface area (Å²) in [5.41, 5.74) is 12.5. The van der Waals surface area contributed by atoms with E-state index in [1.54, 1.807) is 0 Å². The minimum absolute atomic E-state index is 0.00964. The van der Waals surface area contributed by atoms with Gasteiger partial charge in [0.15, 0.2) is 23.9 Å². The van der Waals surface area contributed by atoms with Gasteiger partial charge in [-0.1, -0.05) is 24.4 Å². The number of aliphatic hydroxyl groups excluding tert-OH is 4. The molecule has 3 aromatic rings. The number of aromatic amines is 2. The van der Waals surface area contributed by atoms with Gasteiger partial charge in [0.25, 0.3) is 0 Å². The van der Waals surface area contributed by atoms with Crippen molar-refractivity contribution < 1.29 is 43.8 Å². The molecular formula is C20H27N10O9PS3. The Kier molecular flexibility index (Phi) is 8.17. The lowest BCUT2D eigenvalue weighted by atomic mass is 10.1. The number of ether oxygens (including phenoxy) is 2. The zero-order valence-electron chi connectivity index (χ0n) is 21.7. The lowest BCUT2D eigenvalue weighted by molar-refractivity contribution is -0.0513. The number of H-pyrrole nitrogens is 2. The third-order valence-corrected chi connectivity index (χ3v) is 9.29. The molecule has 3 aliphatic rings. The van der Waals surface area contributed by atoms with Crippen molar-refractivity contribution >= 4 is 77.5 Å². The first kappa shape index (κ1) is 30.6. The number of nitrogens with two attached hydrogens (primary N) is 2. The van der Waals surface area contributed by atoms with E-state index in [0.717, 1.165) is 0 Å². The number of rotatable bonds is 8. The van der Waals surface area contributed by atoms with Crippen LogP contribution >= 0.6 is 31.2 Å². The predicted molar refractivity (Wildman–Crippen MR) is 157 cm³/mol. The zero-order valence-corrected chi connectivity index (χ0v) is 25.1. The Balaban J connectivity index is 1.13. The van der Waals surface area contributed by atoms with Crippen molar-refractivity contribution in [2.75, 3.05) is 41.6 Å². The van der Waals surface area contributed by atoms with Crippen LogP contribution in [0.1, 0.15) is 6.23 Å². The van der Waals surface area contributed by atoms with Gasteiger partial charge >= 0.3 is 6.72 Å². The minimum atomic E-state index is -4.15. The van der Waals surface area contributed by atoms with Crippen LogP contribution in [0.5, 0.6) is 0 Å². The highest BCUT2D eigenvalue weighted by Gasteiger charge is 2.50. The standard InChI is InChI=1S/C20H27N10O9PS3/c21-19-25-13-7(15(41)27-19)23-3-29(13)17-10(33)9(32)6(38-17)2-36-40(35,43)39-12-5(1-31)37-18(11(12)34)30-4-24-8-14(30)26-20(22)28-16(8)42/h4-6,9-12,17-18,23,31-34H,1-3H2,(H,35,43)(H3,21,25,27,41)(H3,22,26,28,42). The SMILES string of the molecule is Nc1nc2c(c(=S)[nH]1)NCN2C1OC(COP(O)(=S)OC2C(CO)OC(n3cnc4c(=S)[nH]c(N)nc43)C2O)C(O)C1O. The fraction of sp³-hybridized carbons (Fsp3) is 0.550. The largest absolute Gasteiger partial charge is 0.394 e. The van der Waals surface area contributed by atoms with Gasteiger partial charge in [-0.25, -0.2) is 4.98 Å². The molecule has 234 valence electrons. The molecule has 12 N–H and O–H groups in total. The molecule has 6 heterocycles. The Labute approximate surface area is 256 Å². The number of hydrogen-bond acceptors (Lipinski definition) is 18. The van der Waals surface area contributed by atoms with E-state index in [1.165, 1.54) is 15.8 Å². The molecular weight excluding hydrogens is 651 g/mol. The number of nitrogens with one attached hydrogen (secondary N) is 3. The highest BCUT2D eigenvalue weighted by atomic mass is 32.5. The van der Waals surface area contributed by atoms with E-state index < -0.39 is 69.0 Å². The normalized spacial score (nSPS) is 31.8. The average molecular weight is 679 g/mol. The van der Waals surface area contributed by atoms with Crippen molar-refractivity contribution in [2.24, 2.45) is 0 Å². The molecule has 0 amide bonds. The molecule has 0 aliphatic carbocycles. The molecule has 0 aromatic carbocycles. The smallest absolute Gasteiger partial charge is 0.325 e. The highest BCUT2D eigenvalue weighted by molar-refractivity contribution is 8.07. The molecule has 2 saturated heterocycles. The monoisotopic (exact) mass is 678 g/mol. The van der Waals surface area contributed by atoms with Crippen molar-refractivity contribution in [3.63, 3.8) is 0 Å². The lowest BCUT2D eigenvalue weighted by Gasteiger charge is -2.27. The van der Waals surface area contributed by atoms with Crippen LogP contribution in [0.15, 0.2) is 6.33 Å². The van der Waals surface area contributed by atoms with Crippen molar-refractivity contribution in [3.8, 4) is 0 Å². The molecule has 19 nitrogen and oxygen atoms in total. The average Bonchev–Trinajstić information content (AvgIpc) is 3.69. The van der Waals surface area contributed by atoms with Crippen LogP contribution in [-0.4, -0.2) is 118 Å². The minimum Gasteiger partial charge on any atom is -0.394 e. The van der Waals surface area contributed by atoms with Crippen LogP contribution in [0.25, 0.3) is 11.2 Å². The molecule has 0 radical (unpaired) electrons. The Hall–Kier alpha value is -2.44. The fourth-order valence-corrected chi connectivity index (χ4v) is 7.09. The van der Waals surface area contributed by atoms with Gasteiger partial charge in [0.05, 0.1) is 26.2 Å². The first-order valence-corrected chi connectivity index (χ1v) is 16.0. The number of nitrogens with zero attached hydrogens (tertiary/aromatic N) is 5. The van der Waals surface area contributed by atoms with Crippen molar-refractivity contribution in [1.29, 1.82) is 0 Å². The molecule has 0 spiro atoms. The Morgan fingerprint density at radius 2 is 1.72 bits per heavy atom. The number of anilines is 4. The molecule has 3 aromatic heterocycles. The number of hydrogen-bond donors (Lipinski definition) is 10. The topological polar surface area (TPSA) is 281 Å². The molecule has 6 rings (SSSR count). The molecule has 9 unspecified atom stereocenters. The Morgan fingerprint density at radius 3 is 2.47 bits per heavy atom. The number of imidazole rings is 1. The van der Waals surface area contributed by atoms with Crippen LogP contribution in [0.3, 0.4) is 0 Å². The summed E-state index contributed by atoms with van der Waals surface area (Å²) >= 11 is 15.6. The maximum atomic E-state index is 11.1. The lowest BCUT2D eigenvalue weighted by Crippen LogP contribution is -2.44. The van der Waals surface area contributed by atoms with E-state index in [-0.39, 0.29) is 28.9 Å². The van der Waals surface area contributed by atoms with E-state index >= 15 is 0 Å². The van der Waals surface area contributed by atoms with Gasteiger partial charge in [-0.05, 0) is 11.8 Å². The van der Waals surface area contributed by atoms with Crippen LogP contribution in [-0.2, 0) is 30.3 Å². The summed E-state index contributed by atoms with van der Waals surface area (Å²) in [5.74, 6) is 0.380. The summed E-state index contributed by atoms with van der Waals surface area (Å²) in [7, 11) is 0. The number of aromatic nitrogens is 6. The van der Waals surface area contributed by atoms with E-state index in [1.807, 2.05) is 0 Å². The summed E-state index contributed by atoms with van der Waals surface area (Å²) in [6.45, 7) is -5.11. The van der Waals surface area contributed by atoms with Gasteiger partial charge in [-0.2, -0.15) is 9.97 Å². The molecule has 43 heavy (non-hydrogen) atoms. The van der Waals surface area contributed by atoms with Gasteiger partial charge < -0.3 is 71.0 Å². The first-order chi connectivity index (χ1) is 20.4. The van der Waals surface area contributed by atoms with Crippen LogP contribution < -0.4 is 21.7 Å². The van der Waals surface area contributed by atoms with Crippen molar-refractivity contribution in [3.05, 3.63) is 15.6 Å². The third-order valence-electron chi connectivity index (χ3n) is 7.13. The third kappa shape index (κ3) is 5.52. The van der Waals surface area contributed by atoms with Gasteiger partial charge in [-0.15, -0.1) is 0 Å². The van der Waals surface area contributed by atoms with Crippen LogP contribution in [0.2, 0.25) is 0 Å². The second kappa shape index (κ2) is 11.5. The molecule has 3 aliphatic heterocycles. The number of fused-ring (bicyclic) bond motifs is 2. The van der Waals surface area contributed by atoms with E-state index in [2.05, 4.69) is 30.2 Å². The summed E-state index contributed by atoms with van der Waals surface area (Å²) in [5, 5.41) is 45.4. The summed E-state index contributed by atoms with van der Waals surface area (Å²) in [4.78, 5) is 30.3. The van der Waals surface area contributed by atoms with Crippen molar-refractivity contribution in [2.45, 2.75) is 49.1 Å². The highest BCUT2D eigenvalue weighted by Crippen LogP contribution is 2.49. The van der Waals surface area contributed by atoms with Gasteiger partial charge in [-0.3, -0.25) is 9.09 Å².